The van der Waals surface area contributed by atoms with Crippen molar-refractivity contribution in [2.24, 2.45) is 5.41 Å². The summed E-state index contributed by atoms with van der Waals surface area (Å²) in [4.78, 5) is 23.4. The Labute approximate surface area is 191 Å². The summed E-state index contributed by atoms with van der Waals surface area (Å²) in [5, 5.41) is 17.0. The van der Waals surface area contributed by atoms with Gasteiger partial charge in [0.25, 0.3) is 0 Å². The molecule has 1 aliphatic heterocycles. The topological polar surface area (TPSA) is 93.7 Å². The van der Waals surface area contributed by atoms with Gasteiger partial charge in [-0.2, -0.15) is 0 Å². The van der Waals surface area contributed by atoms with Gasteiger partial charge in [-0.1, -0.05) is 62.2 Å². The van der Waals surface area contributed by atoms with Crippen molar-refractivity contribution < 1.29 is 14.7 Å². The molecule has 2 aromatic carbocycles. The maximum atomic E-state index is 12.5. The standard InChI is InChI=1S/C22H24Cl2N4O3/c1-22(2,3)17-12-18(26-21(31)25-16-6-4-5-15(23)20(16)24)27-28(17)14-9-7-13(8-10-14)11-19(29)30/h4-10,12,18,27H,11H2,1-3H3,(H,29,30)(H2,25,26,31). The fourth-order valence-corrected chi connectivity index (χ4v) is 3.54. The number of benzene rings is 2. The van der Waals surface area contributed by atoms with Gasteiger partial charge in [0.2, 0.25) is 0 Å². The molecule has 1 heterocycles. The van der Waals surface area contributed by atoms with Crippen molar-refractivity contribution in [3.05, 3.63) is 69.8 Å². The second kappa shape index (κ2) is 9.18. The number of halogens is 2. The maximum absolute atomic E-state index is 12.5. The quantitative estimate of drug-likeness (QED) is 0.500. The molecule has 2 aromatic rings. The number of carbonyl (C=O) groups excluding carboxylic acids is 1. The first-order valence-corrected chi connectivity index (χ1v) is 10.4. The van der Waals surface area contributed by atoms with E-state index in [9.17, 15) is 9.59 Å². The first-order valence-electron chi connectivity index (χ1n) is 9.65. The van der Waals surface area contributed by atoms with E-state index in [0.717, 1.165) is 11.4 Å². The third kappa shape index (κ3) is 5.70. The molecule has 9 heteroatoms. The molecule has 0 aliphatic carbocycles. The molecule has 0 saturated carbocycles. The van der Waals surface area contributed by atoms with Crippen molar-refractivity contribution in [2.45, 2.75) is 33.4 Å². The van der Waals surface area contributed by atoms with E-state index in [1.54, 1.807) is 30.3 Å². The van der Waals surface area contributed by atoms with E-state index in [-0.39, 0.29) is 16.9 Å². The number of hydrazine groups is 1. The van der Waals surface area contributed by atoms with Crippen molar-refractivity contribution in [1.29, 1.82) is 0 Å². The lowest BCUT2D eigenvalue weighted by Gasteiger charge is -2.31. The predicted octanol–water partition coefficient (Wildman–Crippen LogP) is 5.02. The zero-order valence-electron chi connectivity index (χ0n) is 17.4. The molecule has 7 nitrogen and oxygen atoms in total. The van der Waals surface area contributed by atoms with Crippen molar-refractivity contribution in [3.8, 4) is 0 Å². The van der Waals surface area contributed by atoms with Gasteiger partial charge in [0.15, 0.2) is 0 Å². The van der Waals surface area contributed by atoms with Crippen LogP contribution in [-0.2, 0) is 11.2 Å². The zero-order chi connectivity index (χ0) is 22.8. The number of nitrogens with zero attached hydrogens (tertiary/aromatic N) is 1. The molecule has 0 spiro atoms. The number of hydrogen-bond acceptors (Lipinski definition) is 4. The normalized spacial score (nSPS) is 16.1. The monoisotopic (exact) mass is 462 g/mol. The molecule has 0 fully saturated rings. The lowest BCUT2D eigenvalue weighted by molar-refractivity contribution is -0.136. The number of allylic oxidation sites excluding steroid dienone is 1. The minimum atomic E-state index is -0.877. The first kappa shape index (κ1) is 22.9. The van der Waals surface area contributed by atoms with E-state index in [4.69, 9.17) is 28.3 Å². The fourth-order valence-electron chi connectivity index (χ4n) is 3.19. The molecule has 2 amide bonds. The molecular formula is C22H24Cl2N4O3. The van der Waals surface area contributed by atoms with Crippen LogP contribution in [0.25, 0.3) is 0 Å². The van der Waals surface area contributed by atoms with Gasteiger partial charge in [-0.15, -0.1) is 0 Å². The first-order chi connectivity index (χ1) is 14.5. The third-order valence-electron chi connectivity index (χ3n) is 4.64. The Morgan fingerprint density at radius 1 is 1.13 bits per heavy atom. The van der Waals surface area contributed by atoms with Crippen LogP contribution in [0.2, 0.25) is 10.0 Å². The third-order valence-corrected chi connectivity index (χ3v) is 5.46. The summed E-state index contributed by atoms with van der Waals surface area (Å²) in [6.45, 7) is 6.21. The minimum Gasteiger partial charge on any atom is -0.481 e. The number of anilines is 2. The smallest absolute Gasteiger partial charge is 0.320 e. The van der Waals surface area contributed by atoms with Crippen LogP contribution in [-0.4, -0.2) is 23.3 Å². The van der Waals surface area contributed by atoms with E-state index in [0.29, 0.717) is 16.3 Å². The lowest BCUT2D eigenvalue weighted by Crippen LogP contribution is -2.48. The number of nitrogens with one attached hydrogen (secondary N) is 3. The average molecular weight is 463 g/mol. The Balaban J connectivity index is 1.74. The van der Waals surface area contributed by atoms with Gasteiger partial charge in [-0.05, 0) is 35.9 Å². The number of carboxylic acids is 1. The molecule has 1 atom stereocenters. The van der Waals surface area contributed by atoms with E-state index in [1.165, 1.54) is 0 Å². The van der Waals surface area contributed by atoms with Crippen LogP contribution in [0, 0.1) is 5.41 Å². The minimum absolute atomic E-state index is 0.0356. The summed E-state index contributed by atoms with van der Waals surface area (Å²) in [6, 6.07) is 11.8. The Hall–Kier alpha value is -2.74. The fraction of sp³-hybridized carbons (Fsp3) is 0.273. The predicted molar refractivity (Wildman–Crippen MR) is 123 cm³/mol. The van der Waals surface area contributed by atoms with Gasteiger partial charge in [-0.3, -0.25) is 9.80 Å². The molecular weight excluding hydrogens is 439 g/mol. The van der Waals surface area contributed by atoms with Crippen LogP contribution in [0.4, 0.5) is 16.2 Å². The highest BCUT2D eigenvalue weighted by molar-refractivity contribution is 6.43. The number of rotatable bonds is 5. The van der Waals surface area contributed by atoms with Gasteiger partial charge in [0, 0.05) is 11.1 Å². The molecule has 0 saturated heterocycles. The van der Waals surface area contributed by atoms with E-state index in [2.05, 4.69) is 36.8 Å². The Morgan fingerprint density at radius 3 is 2.42 bits per heavy atom. The lowest BCUT2D eigenvalue weighted by atomic mass is 9.91. The summed E-state index contributed by atoms with van der Waals surface area (Å²) < 4.78 is 0. The van der Waals surface area contributed by atoms with Gasteiger partial charge in [-0.25, -0.2) is 10.2 Å². The van der Waals surface area contributed by atoms with Crippen molar-refractivity contribution >= 4 is 46.6 Å². The van der Waals surface area contributed by atoms with E-state index < -0.39 is 18.2 Å². The molecule has 4 N–H and O–H groups in total. The van der Waals surface area contributed by atoms with Gasteiger partial charge >= 0.3 is 12.0 Å². The molecule has 0 bridgehead atoms. The van der Waals surface area contributed by atoms with E-state index >= 15 is 0 Å². The largest absolute Gasteiger partial charge is 0.481 e. The second-order valence-electron chi connectivity index (χ2n) is 8.18. The Bertz CT molecular complexity index is 1020. The van der Waals surface area contributed by atoms with Crippen molar-refractivity contribution in [2.75, 3.05) is 10.3 Å². The Morgan fingerprint density at radius 2 is 1.81 bits per heavy atom. The van der Waals surface area contributed by atoms with Crippen LogP contribution >= 0.6 is 23.2 Å². The molecule has 1 aliphatic rings. The number of carbonyl (C=O) groups is 2. The highest BCUT2D eigenvalue weighted by Crippen LogP contribution is 2.34. The summed E-state index contributed by atoms with van der Waals surface area (Å²) in [5.41, 5.74) is 5.97. The summed E-state index contributed by atoms with van der Waals surface area (Å²) >= 11 is 12.1. The highest BCUT2D eigenvalue weighted by Gasteiger charge is 2.32. The number of amides is 2. The van der Waals surface area contributed by atoms with E-state index in [1.807, 2.05) is 23.2 Å². The summed E-state index contributed by atoms with van der Waals surface area (Å²) in [6.07, 6.45) is 1.43. The zero-order valence-corrected chi connectivity index (χ0v) is 18.9. The number of aliphatic carboxylic acids is 1. The highest BCUT2D eigenvalue weighted by atomic mass is 35.5. The maximum Gasteiger partial charge on any atom is 0.320 e. The molecule has 1 unspecified atom stereocenters. The van der Waals surface area contributed by atoms with Crippen LogP contribution in [0.15, 0.2) is 54.2 Å². The molecule has 0 aromatic heterocycles. The number of carboxylic acid groups (broad SMARTS) is 1. The summed E-state index contributed by atoms with van der Waals surface area (Å²) in [7, 11) is 0. The van der Waals surface area contributed by atoms with Gasteiger partial charge < -0.3 is 15.7 Å². The van der Waals surface area contributed by atoms with Gasteiger partial charge in [0.05, 0.1) is 27.8 Å². The summed E-state index contributed by atoms with van der Waals surface area (Å²) in [5.74, 6) is -0.877. The SMILES string of the molecule is CC(C)(C)C1=CC(NC(=O)Nc2cccc(Cl)c2Cl)NN1c1ccc(CC(=O)O)cc1. The molecule has 3 rings (SSSR count). The van der Waals surface area contributed by atoms with Crippen LogP contribution in [0.1, 0.15) is 26.3 Å². The number of hydrogen-bond donors (Lipinski definition) is 4. The van der Waals surface area contributed by atoms with Crippen LogP contribution in [0.3, 0.4) is 0 Å². The van der Waals surface area contributed by atoms with Crippen LogP contribution in [0.5, 0.6) is 0 Å². The molecule has 31 heavy (non-hydrogen) atoms. The Kier molecular flexibility index (Phi) is 6.79. The van der Waals surface area contributed by atoms with Gasteiger partial charge in [0.1, 0.15) is 6.17 Å². The molecule has 0 radical (unpaired) electrons. The number of urea groups is 1. The average Bonchev–Trinajstić information content (AvgIpc) is 3.10. The second-order valence-corrected chi connectivity index (χ2v) is 8.97. The van der Waals surface area contributed by atoms with Crippen LogP contribution < -0.4 is 21.1 Å². The molecule has 164 valence electrons. The van der Waals surface area contributed by atoms with Crippen molar-refractivity contribution in [3.63, 3.8) is 0 Å². The van der Waals surface area contributed by atoms with Crippen molar-refractivity contribution in [1.82, 2.24) is 10.7 Å².